The first kappa shape index (κ1) is 18.7. The summed E-state index contributed by atoms with van der Waals surface area (Å²) in [5, 5.41) is 6.23. The Morgan fingerprint density at radius 3 is 2.63 bits per heavy atom. The fraction of sp³-hybridized carbons (Fsp3) is 0.217. The van der Waals surface area contributed by atoms with Crippen LogP contribution in [0.1, 0.15) is 41.1 Å². The predicted octanol–water partition coefficient (Wildman–Crippen LogP) is 5.15. The van der Waals surface area contributed by atoms with E-state index in [1.807, 2.05) is 59.7 Å². The molecule has 0 unspecified atom stereocenters. The number of thiophene rings is 1. The number of hydrogen-bond acceptors (Lipinski definition) is 6. The van der Waals surface area contributed by atoms with Crippen LogP contribution in [0.15, 0.2) is 70.8 Å². The zero-order chi connectivity index (χ0) is 20.5. The molecular formula is C23H20N4O2S. The third kappa shape index (κ3) is 3.41. The molecule has 1 aromatic carbocycles. The second-order valence-corrected chi connectivity index (χ2v) is 8.38. The minimum atomic E-state index is -0.181. The lowest BCUT2D eigenvalue weighted by Crippen LogP contribution is -2.42. The molecule has 6 nitrogen and oxygen atoms in total. The molecule has 30 heavy (non-hydrogen) atoms. The van der Waals surface area contributed by atoms with Gasteiger partial charge in [-0.05, 0) is 49.1 Å². The fourth-order valence-electron chi connectivity index (χ4n) is 3.95. The average molecular weight is 417 g/mol. The maximum atomic E-state index is 13.0. The van der Waals surface area contributed by atoms with Gasteiger partial charge in [-0.2, -0.15) is 4.98 Å². The summed E-state index contributed by atoms with van der Waals surface area (Å²) in [6.45, 7) is 2.04. The number of piperidine rings is 1. The van der Waals surface area contributed by atoms with Crippen molar-refractivity contribution in [1.29, 1.82) is 0 Å². The molecule has 0 saturated carbocycles. The summed E-state index contributed by atoms with van der Waals surface area (Å²) in [6, 6.07) is 15.7. The van der Waals surface area contributed by atoms with E-state index in [-0.39, 0.29) is 17.9 Å². The van der Waals surface area contributed by atoms with Crippen molar-refractivity contribution < 1.29 is 9.32 Å². The van der Waals surface area contributed by atoms with E-state index in [0.29, 0.717) is 24.6 Å². The highest BCUT2D eigenvalue weighted by Crippen LogP contribution is 2.46. The van der Waals surface area contributed by atoms with Crippen molar-refractivity contribution in [2.45, 2.75) is 31.7 Å². The Morgan fingerprint density at radius 2 is 1.90 bits per heavy atom. The Balaban J connectivity index is 1.56. The maximum Gasteiger partial charge on any atom is 0.232 e. The van der Waals surface area contributed by atoms with Crippen LogP contribution in [0, 0.1) is 6.92 Å². The summed E-state index contributed by atoms with van der Waals surface area (Å²) in [7, 11) is 0. The van der Waals surface area contributed by atoms with E-state index in [4.69, 9.17) is 9.51 Å². The van der Waals surface area contributed by atoms with Crippen LogP contribution in [0.5, 0.6) is 0 Å². The lowest BCUT2D eigenvalue weighted by atomic mass is 9.87. The zero-order valence-electron chi connectivity index (χ0n) is 16.4. The molecule has 4 aromatic rings. The van der Waals surface area contributed by atoms with E-state index < -0.39 is 0 Å². The SMILES string of the molecule is Cc1ccc(N2C(=O)CC[C@@H](c3nc(-c4ccncc4)no3)[C@H]2c2cccs2)cc1. The Bertz CT molecular complexity index is 1140. The summed E-state index contributed by atoms with van der Waals surface area (Å²) < 4.78 is 5.71. The largest absolute Gasteiger partial charge is 0.339 e. The highest BCUT2D eigenvalue weighted by Gasteiger charge is 2.42. The van der Waals surface area contributed by atoms with Crippen LogP contribution >= 0.6 is 11.3 Å². The van der Waals surface area contributed by atoms with Crippen molar-refractivity contribution >= 4 is 22.9 Å². The minimum absolute atomic E-state index is 0.0780. The van der Waals surface area contributed by atoms with Crippen molar-refractivity contribution in [3.8, 4) is 11.4 Å². The number of benzene rings is 1. The number of aromatic nitrogens is 3. The lowest BCUT2D eigenvalue weighted by Gasteiger charge is -2.39. The molecule has 5 rings (SSSR count). The summed E-state index contributed by atoms with van der Waals surface area (Å²) in [5.41, 5.74) is 2.91. The highest BCUT2D eigenvalue weighted by atomic mass is 32.1. The normalized spacial score (nSPS) is 19.2. The number of carbonyl (C=O) groups excluding carboxylic acids is 1. The van der Waals surface area contributed by atoms with Crippen molar-refractivity contribution in [2.24, 2.45) is 0 Å². The summed E-state index contributed by atoms with van der Waals surface area (Å²) in [6.07, 6.45) is 4.52. The lowest BCUT2D eigenvalue weighted by molar-refractivity contribution is -0.120. The first-order valence-corrected chi connectivity index (χ1v) is 10.7. The molecule has 1 aliphatic rings. The third-order valence-corrected chi connectivity index (χ3v) is 6.38. The molecule has 0 spiro atoms. The average Bonchev–Trinajstić information content (AvgIpc) is 3.47. The molecule has 1 amide bonds. The minimum Gasteiger partial charge on any atom is -0.339 e. The van der Waals surface area contributed by atoms with Gasteiger partial charge in [-0.3, -0.25) is 9.78 Å². The number of nitrogens with zero attached hydrogens (tertiary/aromatic N) is 4. The van der Waals surface area contributed by atoms with Crippen molar-refractivity contribution in [2.75, 3.05) is 4.90 Å². The molecule has 1 aliphatic heterocycles. The van der Waals surface area contributed by atoms with Gasteiger partial charge in [0.15, 0.2) is 0 Å². The van der Waals surface area contributed by atoms with E-state index in [9.17, 15) is 4.79 Å². The van der Waals surface area contributed by atoms with Gasteiger partial charge in [-0.25, -0.2) is 0 Å². The van der Waals surface area contributed by atoms with Crippen LogP contribution in [0.2, 0.25) is 0 Å². The summed E-state index contributed by atoms with van der Waals surface area (Å²) >= 11 is 1.64. The molecule has 0 N–H and O–H groups in total. The summed E-state index contributed by atoms with van der Waals surface area (Å²) in [5.74, 6) is 1.13. The second-order valence-electron chi connectivity index (χ2n) is 7.40. The number of anilines is 1. The Labute approximate surface area is 178 Å². The monoisotopic (exact) mass is 416 g/mol. The van der Waals surface area contributed by atoms with Gasteiger partial charge in [0, 0.05) is 34.9 Å². The third-order valence-electron chi connectivity index (χ3n) is 5.44. The topological polar surface area (TPSA) is 72.1 Å². The molecule has 1 fully saturated rings. The fourth-order valence-corrected chi connectivity index (χ4v) is 4.83. The van der Waals surface area contributed by atoms with Crippen LogP contribution < -0.4 is 4.90 Å². The van der Waals surface area contributed by atoms with E-state index in [1.54, 1.807) is 23.7 Å². The van der Waals surface area contributed by atoms with Crippen molar-refractivity contribution in [3.05, 3.63) is 82.6 Å². The number of amides is 1. The molecule has 1 saturated heterocycles. The Morgan fingerprint density at radius 1 is 1.10 bits per heavy atom. The van der Waals surface area contributed by atoms with Crippen LogP contribution in [0.4, 0.5) is 5.69 Å². The van der Waals surface area contributed by atoms with E-state index >= 15 is 0 Å². The standard InChI is InChI=1S/C23H20N4O2S/c1-15-4-6-17(7-5-15)27-20(28)9-8-18(21(27)19-3-2-14-30-19)23-25-22(26-29-23)16-10-12-24-13-11-16/h2-7,10-14,18,21H,8-9H2,1H3/t18-,21+/m1/s1. The molecule has 0 radical (unpaired) electrons. The molecule has 150 valence electrons. The highest BCUT2D eigenvalue weighted by molar-refractivity contribution is 7.10. The van der Waals surface area contributed by atoms with E-state index in [0.717, 1.165) is 21.7 Å². The molecular weight excluding hydrogens is 396 g/mol. The first-order valence-electron chi connectivity index (χ1n) is 9.87. The maximum absolute atomic E-state index is 13.0. The summed E-state index contributed by atoms with van der Waals surface area (Å²) in [4.78, 5) is 24.8. The Kier molecular flexibility index (Phi) is 4.88. The zero-order valence-corrected chi connectivity index (χ0v) is 17.2. The molecule has 0 bridgehead atoms. The van der Waals surface area contributed by atoms with Gasteiger partial charge >= 0.3 is 0 Å². The number of pyridine rings is 1. The van der Waals surface area contributed by atoms with Crippen LogP contribution in [-0.4, -0.2) is 21.0 Å². The number of carbonyl (C=O) groups is 1. The van der Waals surface area contributed by atoms with E-state index in [1.165, 1.54) is 0 Å². The van der Waals surface area contributed by atoms with Gasteiger partial charge in [0.2, 0.25) is 17.6 Å². The number of rotatable bonds is 4. The van der Waals surface area contributed by atoms with Crippen molar-refractivity contribution in [1.82, 2.24) is 15.1 Å². The molecule has 7 heteroatoms. The smallest absolute Gasteiger partial charge is 0.232 e. The van der Waals surface area contributed by atoms with Crippen LogP contribution in [0.25, 0.3) is 11.4 Å². The van der Waals surface area contributed by atoms with Gasteiger partial charge in [0.1, 0.15) is 0 Å². The van der Waals surface area contributed by atoms with Gasteiger partial charge < -0.3 is 9.42 Å². The van der Waals surface area contributed by atoms with Gasteiger partial charge in [0.05, 0.1) is 12.0 Å². The van der Waals surface area contributed by atoms with Crippen LogP contribution in [-0.2, 0) is 4.79 Å². The number of hydrogen-bond donors (Lipinski definition) is 0. The van der Waals surface area contributed by atoms with Crippen molar-refractivity contribution in [3.63, 3.8) is 0 Å². The first-order chi connectivity index (χ1) is 14.7. The molecule has 2 atom stereocenters. The van der Waals surface area contributed by atoms with Gasteiger partial charge in [-0.15, -0.1) is 11.3 Å². The van der Waals surface area contributed by atoms with Gasteiger partial charge in [-0.1, -0.05) is 28.9 Å². The molecule has 3 aromatic heterocycles. The quantitative estimate of drug-likeness (QED) is 0.460. The number of aryl methyl sites for hydroxylation is 1. The van der Waals surface area contributed by atoms with Crippen LogP contribution in [0.3, 0.4) is 0 Å². The predicted molar refractivity (Wildman–Crippen MR) is 115 cm³/mol. The second kappa shape index (κ2) is 7.84. The Hall–Kier alpha value is -3.32. The van der Waals surface area contributed by atoms with E-state index in [2.05, 4.69) is 16.2 Å². The molecule has 0 aliphatic carbocycles. The molecule has 4 heterocycles. The van der Waals surface area contributed by atoms with Gasteiger partial charge in [0.25, 0.3) is 0 Å².